The molecule has 1 aliphatic heterocycles. The highest BCUT2D eigenvalue weighted by Crippen LogP contribution is 2.27. The van der Waals surface area contributed by atoms with E-state index in [4.69, 9.17) is 21.1 Å². The van der Waals surface area contributed by atoms with Crippen molar-refractivity contribution in [1.29, 1.82) is 0 Å². The molecule has 0 spiro atoms. The molecule has 0 N–H and O–H groups in total. The van der Waals surface area contributed by atoms with E-state index in [0.29, 0.717) is 19.1 Å². The Labute approximate surface area is 100 Å². The summed E-state index contributed by atoms with van der Waals surface area (Å²) in [5.74, 6) is 2.15. The van der Waals surface area contributed by atoms with Gasteiger partial charge in [0, 0.05) is 18.6 Å². The highest BCUT2D eigenvalue weighted by atomic mass is 35.5. The minimum atomic E-state index is 0.166. The number of aromatic nitrogens is 1. The molecule has 1 atom stereocenters. The van der Waals surface area contributed by atoms with E-state index in [1.165, 1.54) is 0 Å². The molecule has 16 heavy (non-hydrogen) atoms. The summed E-state index contributed by atoms with van der Waals surface area (Å²) in [6.45, 7) is 2.14. The molecule has 1 aliphatic rings. The van der Waals surface area contributed by atoms with E-state index >= 15 is 0 Å². The Morgan fingerprint density at radius 2 is 2.56 bits per heavy atom. The Balaban J connectivity index is 2.26. The van der Waals surface area contributed by atoms with Crippen LogP contribution in [0.25, 0.3) is 0 Å². The predicted octanol–water partition coefficient (Wildman–Crippen LogP) is 1.53. The van der Waals surface area contributed by atoms with Gasteiger partial charge in [-0.05, 0) is 12.1 Å². The monoisotopic (exact) mass is 242 g/mol. The molecule has 0 aromatic carbocycles. The molecule has 5 heteroatoms. The summed E-state index contributed by atoms with van der Waals surface area (Å²) in [6.07, 6.45) is 1.76. The van der Waals surface area contributed by atoms with Crippen LogP contribution < -0.4 is 9.64 Å². The Bertz CT molecular complexity index is 349. The maximum atomic E-state index is 5.93. The van der Waals surface area contributed by atoms with E-state index in [1.54, 1.807) is 13.3 Å². The molecular weight excluding hydrogens is 228 g/mol. The van der Waals surface area contributed by atoms with Crippen LogP contribution in [-0.2, 0) is 4.74 Å². The third-order valence-electron chi connectivity index (χ3n) is 2.65. The molecule has 1 unspecified atom stereocenters. The second kappa shape index (κ2) is 5.37. The second-order valence-corrected chi connectivity index (χ2v) is 3.91. The molecule has 2 heterocycles. The molecule has 1 saturated heterocycles. The lowest BCUT2D eigenvalue weighted by molar-refractivity contribution is 0.0991. The number of methoxy groups -OCH3 is 1. The van der Waals surface area contributed by atoms with E-state index in [0.717, 1.165) is 18.1 Å². The van der Waals surface area contributed by atoms with Crippen molar-refractivity contribution in [2.24, 2.45) is 0 Å². The molecule has 88 valence electrons. The van der Waals surface area contributed by atoms with Crippen LogP contribution in [0.1, 0.15) is 0 Å². The third-order valence-corrected chi connectivity index (χ3v) is 3.00. The number of ether oxygens (including phenoxy) is 2. The summed E-state index contributed by atoms with van der Waals surface area (Å²) < 4.78 is 10.7. The Morgan fingerprint density at radius 1 is 1.69 bits per heavy atom. The Kier molecular flexibility index (Phi) is 3.85. The number of morpholine rings is 1. The lowest BCUT2D eigenvalue weighted by Crippen LogP contribution is -2.47. The lowest BCUT2D eigenvalue weighted by Gasteiger charge is -2.35. The fourth-order valence-electron chi connectivity index (χ4n) is 1.82. The zero-order valence-corrected chi connectivity index (χ0v) is 9.98. The van der Waals surface area contributed by atoms with Crippen LogP contribution in [0.15, 0.2) is 18.3 Å². The quantitative estimate of drug-likeness (QED) is 0.753. The Hall–Kier alpha value is -1.00. The van der Waals surface area contributed by atoms with E-state index in [9.17, 15) is 0 Å². The number of rotatable bonds is 3. The van der Waals surface area contributed by atoms with Crippen LogP contribution in [0.3, 0.4) is 0 Å². The molecule has 0 amide bonds. The van der Waals surface area contributed by atoms with Gasteiger partial charge in [-0.2, -0.15) is 0 Å². The van der Waals surface area contributed by atoms with Gasteiger partial charge in [0.05, 0.1) is 26.4 Å². The summed E-state index contributed by atoms with van der Waals surface area (Å²) >= 11 is 5.93. The number of nitrogens with zero attached hydrogens (tertiary/aromatic N) is 2. The molecule has 2 rings (SSSR count). The maximum Gasteiger partial charge on any atom is 0.171 e. The van der Waals surface area contributed by atoms with E-state index in [-0.39, 0.29) is 6.04 Å². The SMILES string of the molecule is COc1cccnc1N1CCOCC1CCl. The van der Waals surface area contributed by atoms with Crippen molar-refractivity contribution in [1.82, 2.24) is 4.98 Å². The molecular formula is C11H15ClN2O2. The number of alkyl halides is 1. The summed E-state index contributed by atoms with van der Waals surface area (Å²) in [6, 6.07) is 3.93. The third kappa shape index (κ3) is 2.23. The number of hydrogen-bond donors (Lipinski definition) is 0. The van der Waals surface area contributed by atoms with Crippen LogP contribution in [0.5, 0.6) is 5.75 Å². The molecule has 0 saturated carbocycles. The molecule has 4 nitrogen and oxygen atoms in total. The standard InChI is InChI=1S/C11H15ClN2O2/c1-15-10-3-2-4-13-11(10)14-5-6-16-8-9(14)7-12/h2-4,9H,5-8H2,1H3. The second-order valence-electron chi connectivity index (χ2n) is 3.61. The van der Waals surface area contributed by atoms with Gasteiger partial charge in [-0.15, -0.1) is 11.6 Å². The normalized spacial score (nSPS) is 20.9. The van der Waals surface area contributed by atoms with Crippen LogP contribution in [-0.4, -0.2) is 43.8 Å². The molecule has 0 aliphatic carbocycles. The summed E-state index contributed by atoms with van der Waals surface area (Å²) in [7, 11) is 1.65. The van der Waals surface area contributed by atoms with Gasteiger partial charge in [-0.25, -0.2) is 4.98 Å². The largest absolute Gasteiger partial charge is 0.493 e. The zero-order valence-electron chi connectivity index (χ0n) is 9.23. The van der Waals surface area contributed by atoms with Gasteiger partial charge in [-0.3, -0.25) is 0 Å². The van der Waals surface area contributed by atoms with Crippen molar-refractivity contribution in [2.45, 2.75) is 6.04 Å². The summed E-state index contributed by atoms with van der Waals surface area (Å²) in [5.41, 5.74) is 0. The average Bonchev–Trinajstić information content (AvgIpc) is 2.38. The van der Waals surface area contributed by atoms with Gasteiger partial charge in [0.2, 0.25) is 0 Å². The maximum absolute atomic E-state index is 5.93. The van der Waals surface area contributed by atoms with Gasteiger partial charge in [0.25, 0.3) is 0 Å². The summed E-state index contributed by atoms with van der Waals surface area (Å²) in [5, 5.41) is 0. The van der Waals surface area contributed by atoms with Crippen LogP contribution in [0.4, 0.5) is 5.82 Å². The average molecular weight is 243 g/mol. The van der Waals surface area contributed by atoms with Crippen molar-refractivity contribution < 1.29 is 9.47 Å². The van der Waals surface area contributed by atoms with E-state index in [1.807, 2.05) is 12.1 Å². The van der Waals surface area contributed by atoms with Crippen molar-refractivity contribution >= 4 is 17.4 Å². The van der Waals surface area contributed by atoms with Crippen molar-refractivity contribution in [3.63, 3.8) is 0 Å². The van der Waals surface area contributed by atoms with Gasteiger partial charge in [0.1, 0.15) is 0 Å². The van der Waals surface area contributed by atoms with Gasteiger partial charge in [0.15, 0.2) is 11.6 Å². The van der Waals surface area contributed by atoms with Gasteiger partial charge < -0.3 is 14.4 Å². The highest BCUT2D eigenvalue weighted by Gasteiger charge is 2.25. The fraction of sp³-hybridized carbons (Fsp3) is 0.545. The zero-order chi connectivity index (χ0) is 11.4. The van der Waals surface area contributed by atoms with Crippen LogP contribution >= 0.6 is 11.6 Å². The molecule has 0 bridgehead atoms. The first-order valence-electron chi connectivity index (χ1n) is 5.26. The minimum absolute atomic E-state index is 0.166. The molecule has 1 aromatic heterocycles. The number of hydrogen-bond acceptors (Lipinski definition) is 4. The molecule has 0 radical (unpaired) electrons. The molecule has 1 aromatic rings. The van der Waals surface area contributed by atoms with Gasteiger partial charge in [-0.1, -0.05) is 0 Å². The van der Waals surface area contributed by atoms with Crippen molar-refractivity contribution in [3.05, 3.63) is 18.3 Å². The smallest absolute Gasteiger partial charge is 0.171 e. The first-order chi connectivity index (χ1) is 7.86. The Morgan fingerprint density at radius 3 is 3.31 bits per heavy atom. The lowest BCUT2D eigenvalue weighted by atomic mass is 10.2. The number of pyridine rings is 1. The minimum Gasteiger partial charge on any atom is -0.493 e. The highest BCUT2D eigenvalue weighted by molar-refractivity contribution is 6.18. The van der Waals surface area contributed by atoms with E-state index in [2.05, 4.69) is 9.88 Å². The van der Waals surface area contributed by atoms with E-state index < -0.39 is 0 Å². The number of halogens is 1. The fourth-order valence-corrected chi connectivity index (χ4v) is 2.07. The predicted molar refractivity (Wildman–Crippen MR) is 63.5 cm³/mol. The first kappa shape index (κ1) is 11.5. The van der Waals surface area contributed by atoms with Gasteiger partial charge >= 0.3 is 0 Å². The van der Waals surface area contributed by atoms with Crippen molar-refractivity contribution in [3.8, 4) is 5.75 Å². The topological polar surface area (TPSA) is 34.6 Å². The van der Waals surface area contributed by atoms with Crippen LogP contribution in [0, 0.1) is 0 Å². The summed E-state index contributed by atoms with van der Waals surface area (Å²) in [4.78, 5) is 6.51. The van der Waals surface area contributed by atoms with Crippen LogP contribution in [0.2, 0.25) is 0 Å². The molecule has 1 fully saturated rings. The van der Waals surface area contributed by atoms with Crippen molar-refractivity contribution in [2.75, 3.05) is 37.6 Å². The first-order valence-corrected chi connectivity index (χ1v) is 5.79. The number of anilines is 1.